The van der Waals surface area contributed by atoms with Gasteiger partial charge in [0.25, 0.3) is 0 Å². The van der Waals surface area contributed by atoms with E-state index in [0.29, 0.717) is 59.6 Å². The molecule has 0 unspecified atom stereocenters. The van der Waals surface area contributed by atoms with Gasteiger partial charge in [-0.1, -0.05) is 0 Å². The number of alkyl halides is 3. The summed E-state index contributed by atoms with van der Waals surface area (Å²) in [6, 6.07) is 4.91. The van der Waals surface area contributed by atoms with Crippen LogP contribution in [0.3, 0.4) is 0 Å². The lowest BCUT2D eigenvalue weighted by Crippen LogP contribution is -2.37. The van der Waals surface area contributed by atoms with Crippen molar-refractivity contribution in [2.45, 2.75) is 25.6 Å². The number of ether oxygens (including phenoxy) is 1. The van der Waals surface area contributed by atoms with Crippen LogP contribution in [0.25, 0.3) is 22.2 Å². The summed E-state index contributed by atoms with van der Waals surface area (Å²) in [7, 11) is 1.74. The van der Waals surface area contributed by atoms with Gasteiger partial charge in [0.05, 0.1) is 23.7 Å². The van der Waals surface area contributed by atoms with Gasteiger partial charge >= 0.3 is 12.3 Å². The summed E-state index contributed by atoms with van der Waals surface area (Å²) < 4.78 is 57.3. The number of benzene rings is 1. The van der Waals surface area contributed by atoms with Crippen molar-refractivity contribution >= 4 is 22.7 Å². The first kappa shape index (κ1) is 23.0. The molecule has 2 aromatic heterocycles. The summed E-state index contributed by atoms with van der Waals surface area (Å²) in [6.07, 6.45) is -0.969. The Morgan fingerprint density at radius 3 is 2.67 bits per heavy atom. The molecule has 1 fully saturated rings. The molecule has 3 heterocycles. The topological polar surface area (TPSA) is 80.5 Å². The van der Waals surface area contributed by atoms with Gasteiger partial charge in [-0.05, 0) is 31.0 Å². The number of anilines is 1. The zero-order valence-electron chi connectivity index (χ0n) is 17.8. The molecule has 0 amide bonds. The van der Waals surface area contributed by atoms with E-state index in [1.165, 1.54) is 12.3 Å². The summed E-state index contributed by atoms with van der Waals surface area (Å²) in [5.74, 6) is -1.39. The third kappa shape index (κ3) is 5.08. The fourth-order valence-corrected chi connectivity index (χ4v) is 4.09. The zero-order chi connectivity index (χ0) is 23.8. The molecule has 1 aromatic carbocycles. The molecule has 11 heteroatoms. The average Bonchev–Trinajstić information content (AvgIpc) is 3.14. The lowest BCUT2D eigenvalue weighted by atomic mass is 9.96. The van der Waals surface area contributed by atoms with Crippen LogP contribution in [0.4, 0.5) is 23.4 Å². The van der Waals surface area contributed by atoms with Gasteiger partial charge in [-0.2, -0.15) is 0 Å². The van der Waals surface area contributed by atoms with Crippen LogP contribution in [0.1, 0.15) is 18.5 Å². The highest BCUT2D eigenvalue weighted by atomic mass is 19.4. The number of hydrogen-bond donors (Lipinski definition) is 1. The third-order valence-electron chi connectivity index (χ3n) is 5.77. The van der Waals surface area contributed by atoms with Crippen molar-refractivity contribution in [1.82, 2.24) is 14.5 Å². The molecule has 0 aliphatic carbocycles. The van der Waals surface area contributed by atoms with Gasteiger partial charge in [0.2, 0.25) is 0 Å². The average molecular weight is 466 g/mol. The van der Waals surface area contributed by atoms with Crippen molar-refractivity contribution < 1.29 is 32.2 Å². The number of piperidine rings is 1. The van der Waals surface area contributed by atoms with Crippen molar-refractivity contribution in [2.75, 3.05) is 24.6 Å². The van der Waals surface area contributed by atoms with E-state index in [-0.39, 0.29) is 6.42 Å². The number of rotatable bonds is 6. The van der Waals surface area contributed by atoms with Gasteiger partial charge in [-0.3, -0.25) is 14.5 Å². The minimum atomic E-state index is -4.74. The lowest BCUT2D eigenvalue weighted by Gasteiger charge is -2.32. The van der Waals surface area contributed by atoms with Crippen molar-refractivity contribution in [3.05, 3.63) is 42.1 Å². The van der Waals surface area contributed by atoms with Gasteiger partial charge < -0.3 is 14.6 Å². The van der Waals surface area contributed by atoms with Crippen LogP contribution in [-0.4, -0.2) is 51.7 Å². The number of halogens is 4. The van der Waals surface area contributed by atoms with Crippen molar-refractivity contribution in [3.8, 4) is 11.3 Å². The van der Waals surface area contributed by atoms with Crippen LogP contribution in [0.2, 0.25) is 0 Å². The summed E-state index contributed by atoms with van der Waals surface area (Å²) >= 11 is 0. The largest absolute Gasteiger partial charge is 0.522 e. The van der Waals surface area contributed by atoms with E-state index in [0.717, 1.165) is 0 Å². The molecular weight excluding hydrogens is 444 g/mol. The first-order valence-electron chi connectivity index (χ1n) is 10.4. The molecular formula is C22H22F4N4O3. The maximum atomic E-state index is 14.8. The first-order valence-corrected chi connectivity index (χ1v) is 10.4. The number of fused-ring (bicyclic) bond motifs is 1. The van der Waals surface area contributed by atoms with Gasteiger partial charge in [-0.25, -0.2) is 9.37 Å². The van der Waals surface area contributed by atoms with Crippen molar-refractivity contribution in [3.63, 3.8) is 0 Å². The summed E-state index contributed by atoms with van der Waals surface area (Å²) in [6.45, 7) is 0.164. The maximum Gasteiger partial charge on any atom is 0.522 e. The Morgan fingerprint density at radius 2 is 2.00 bits per heavy atom. The number of aliphatic carboxylic acids is 1. The maximum absolute atomic E-state index is 14.8. The number of aromatic nitrogens is 3. The molecule has 176 valence electrons. The van der Waals surface area contributed by atoms with E-state index in [4.69, 9.17) is 0 Å². The van der Waals surface area contributed by atoms with E-state index in [1.807, 2.05) is 4.90 Å². The standard InChI is InChI=1S/C22H22F4N4O3/c1-29-6-2-14-10-15(11-17(23)19(14)29)18-20(30-7-3-13(4-8-30)21(31)32)28-16(12-27-18)5-9-33-22(24,25)26/h2,6,10-13H,3-5,7-9H2,1H3,(H,31,32). The van der Waals surface area contributed by atoms with Crippen molar-refractivity contribution in [2.24, 2.45) is 13.0 Å². The summed E-state index contributed by atoms with van der Waals surface area (Å²) in [5.41, 5.74) is 1.59. The minimum Gasteiger partial charge on any atom is -0.481 e. The molecule has 1 aliphatic heterocycles. The van der Waals surface area contributed by atoms with Crippen LogP contribution < -0.4 is 4.90 Å². The van der Waals surface area contributed by atoms with E-state index < -0.39 is 30.7 Å². The first-order chi connectivity index (χ1) is 15.6. The van der Waals surface area contributed by atoms with E-state index in [2.05, 4.69) is 14.7 Å². The number of hydrogen-bond acceptors (Lipinski definition) is 5. The highest BCUT2D eigenvalue weighted by molar-refractivity contribution is 5.87. The molecule has 4 rings (SSSR count). The summed E-state index contributed by atoms with van der Waals surface area (Å²) in [4.78, 5) is 22.1. The molecule has 0 saturated carbocycles. The predicted molar refractivity (Wildman–Crippen MR) is 112 cm³/mol. The van der Waals surface area contributed by atoms with E-state index >= 15 is 0 Å². The Kier molecular flexibility index (Phi) is 6.24. The van der Waals surface area contributed by atoms with Crippen molar-refractivity contribution in [1.29, 1.82) is 0 Å². The van der Waals surface area contributed by atoms with Crippen LogP contribution in [-0.2, 0) is 23.0 Å². The molecule has 0 spiro atoms. The fraction of sp³-hybridized carbons (Fsp3) is 0.409. The fourth-order valence-electron chi connectivity index (χ4n) is 4.09. The molecule has 0 bridgehead atoms. The van der Waals surface area contributed by atoms with E-state index in [1.54, 1.807) is 29.9 Å². The number of aryl methyl sites for hydroxylation is 1. The minimum absolute atomic E-state index is 0.114. The second-order valence-corrected chi connectivity index (χ2v) is 8.00. The highest BCUT2D eigenvalue weighted by Crippen LogP contribution is 2.33. The molecule has 1 saturated heterocycles. The van der Waals surface area contributed by atoms with Gasteiger partial charge in [0, 0.05) is 49.9 Å². The number of carbonyl (C=O) groups is 1. The third-order valence-corrected chi connectivity index (χ3v) is 5.77. The Labute approximate surface area is 186 Å². The smallest absolute Gasteiger partial charge is 0.481 e. The Morgan fingerprint density at radius 1 is 1.27 bits per heavy atom. The molecule has 0 radical (unpaired) electrons. The van der Waals surface area contributed by atoms with E-state index in [9.17, 15) is 27.5 Å². The number of carboxylic acid groups (broad SMARTS) is 1. The molecule has 7 nitrogen and oxygen atoms in total. The Balaban J connectivity index is 1.69. The number of carboxylic acids is 1. The van der Waals surface area contributed by atoms with Crippen LogP contribution in [0, 0.1) is 11.7 Å². The molecule has 0 atom stereocenters. The SMILES string of the molecule is Cn1ccc2cc(-c3ncc(CCOC(F)(F)F)nc3N3CCC(C(=O)O)CC3)cc(F)c21. The monoisotopic (exact) mass is 466 g/mol. The Hall–Kier alpha value is -3.21. The van der Waals surface area contributed by atoms with Crippen LogP contribution in [0.15, 0.2) is 30.6 Å². The molecule has 1 N–H and O–H groups in total. The highest BCUT2D eigenvalue weighted by Gasteiger charge is 2.30. The molecule has 33 heavy (non-hydrogen) atoms. The number of nitrogens with zero attached hydrogens (tertiary/aromatic N) is 4. The summed E-state index contributed by atoms with van der Waals surface area (Å²) in [5, 5.41) is 9.95. The van der Waals surface area contributed by atoms with Gasteiger partial charge in [-0.15, -0.1) is 13.2 Å². The molecule has 3 aromatic rings. The van der Waals surface area contributed by atoms with Crippen LogP contribution >= 0.6 is 0 Å². The van der Waals surface area contributed by atoms with Gasteiger partial charge in [0.15, 0.2) is 5.82 Å². The predicted octanol–water partition coefficient (Wildman–Crippen LogP) is 4.15. The normalized spacial score (nSPS) is 15.4. The lowest BCUT2D eigenvalue weighted by molar-refractivity contribution is -0.324. The Bertz CT molecular complexity index is 1170. The quantitative estimate of drug-likeness (QED) is 0.550. The molecule has 1 aliphatic rings. The second-order valence-electron chi connectivity index (χ2n) is 8.00. The second kappa shape index (κ2) is 8.97. The van der Waals surface area contributed by atoms with Gasteiger partial charge in [0.1, 0.15) is 11.5 Å². The van der Waals surface area contributed by atoms with Crippen LogP contribution in [0.5, 0.6) is 0 Å². The zero-order valence-corrected chi connectivity index (χ0v) is 17.8.